The second-order valence-electron chi connectivity index (χ2n) is 6.41. The van der Waals surface area contributed by atoms with E-state index >= 15 is 0 Å². The highest BCUT2D eigenvalue weighted by molar-refractivity contribution is 7.89. The first kappa shape index (κ1) is 17.7. The number of rotatable bonds is 3. The Kier molecular flexibility index (Phi) is 5.28. The molecule has 1 aliphatic rings. The van der Waals surface area contributed by atoms with Crippen molar-refractivity contribution in [1.82, 2.24) is 9.62 Å². The van der Waals surface area contributed by atoms with Crippen molar-refractivity contribution in [1.29, 1.82) is 0 Å². The van der Waals surface area contributed by atoms with Gasteiger partial charge in [0.25, 0.3) is 0 Å². The van der Waals surface area contributed by atoms with E-state index in [4.69, 9.17) is 4.74 Å². The largest absolute Gasteiger partial charge is 0.378 e. The maximum Gasteiger partial charge on any atom is 0.321 e. The third kappa shape index (κ3) is 5.19. The van der Waals surface area contributed by atoms with Crippen LogP contribution in [0, 0.1) is 0 Å². The molecule has 2 rings (SSSR count). The molecular formula is C15H23N3O4S. The number of nitrogens with zero attached hydrogens (tertiary/aromatic N) is 1. The first-order chi connectivity index (χ1) is 10.7. The Balaban J connectivity index is 2.03. The van der Waals surface area contributed by atoms with Crippen molar-refractivity contribution in [2.45, 2.75) is 31.2 Å². The van der Waals surface area contributed by atoms with Gasteiger partial charge in [-0.25, -0.2) is 17.9 Å². The molecule has 1 saturated heterocycles. The van der Waals surface area contributed by atoms with Crippen LogP contribution < -0.4 is 10.0 Å². The molecule has 128 valence electrons. The first-order valence-corrected chi connectivity index (χ1v) is 8.93. The zero-order chi connectivity index (χ0) is 17.1. The van der Waals surface area contributed by atoms with E-state index in [9.17, 15) is 13.2 Å². The van der Waals surface area contributed by atoms with Crippen LogP contribution in [0.2, 0.25) is 0 Å². The minimum Gasteiger partial charge on any atom is -0.378 e. The molecule has 2 N–H and O–H groups in total. The molecule has 0 aromatic heterocycles. The number of benzene rings is 1. The van der Waals surface area contributed by atoms with Gasteiger partial charge in [0.05, 0.1) is 18.1 Å². The van der Waals surface area contributed by atoms with Gasteiger partial charge in [-0.05, 0) is 45.0 Å². The number of hydrogen-bond donors (Lipinski definition) is 2. The number of amides is 2. The van der Waals surface area contributed by atoms with Crippen LogP contribution in [0.4, 0.5) is 10.5 Å². The van der Waals surface area contributed by atoms with Crippen LogP contribution in [0.15, 0.2) is 29.2 Å². The Morgan fingerprint density at radius 2 is 1.70 bits per heavy atom. The predicted octanol–water partition coefficient (Wildman–Crippen LogP) is 1.63. The maximum absolute atomic E-state index is 12.2. The number of anilines is 1. The molecule has 2 amide bonds. The van der Waals surface area contributed by atoms with Gasteiger partial charge in [-0.2, -0.15) is 0 Å². The highest BCUT2D eigenvalue weighted by atomic mass is 32.2. The summed E-state index contributed by atoms with van der Waals surface area (Å²) < 4.78 is 32.2. The SMILES string of the molecule is CC(C)(C)NS(=O)(=O)c1ccc(NC(=O)N2CCOCC2)cc1. The van der Waals surface area contributed by atoms with Gasteiger partial charge in [-0.3, -0.25) is 0 Å². The van der Waals surface area contributed by atoms with Crippen LogP contribution in [-0.4, -0.2) is 51.2 Å². The van der Waals surface area contributed by atoms with Gasteiger partial charge in [0.2, 0.25) is 10.0 Å². The van der Waals surface area contributed by atoms with Crippen molar-refractivity contribution in [2.24, 2.45) is 0 Å². The molecule has 0 spiro atoms. The Morgan fingerprint density at radius 3 is 2.22 bits per heavy atom. The van der Waals surface area contributed by atoms with Crippen molar-refractivity contribution in [3.8, 4) is 0 Å². The van der Waals surface area contributed by atoms with Crippen LogP contribution in [0.1, 0.15) is 20.8 Å². The summed E-state index contributed by atoms with van der Waals surface area (Å²) in [6.45, 7) is 7.50. The summed E-state index contributed by atoms with van der Waals surface area (Å²) in [4.78, 5) is 13.9. The summed E-state index contributed by atoms with van der Waals surface area (Å²) in [7, 11) is -3.57. The second kappa shape index (κ2) is 6.86. The molecule has 1 aromatic carbocycles. The van der Waals surface area contributed by atoms with Crippen LogP contribution in [0.5, 0.6) is 0 Å². The normalized spacial score (nSPS) is 16.2. The summed E-state index contributed by atoms with van der Waals surface area (Å²) in [5, 5.41) is 2.75. The van der Waals surface area contributed by atoms with Gasteiger partial charge < -0.3 is 15.0 Å². The molecule has 0 bridgehead atoms. The fraction of sp³-hybridized carbons (Fsp3) is 0.533. The Labute approximate surface area is 137 Å². The standard InChI is InChI=1S/C15H23N3O4S/c1-15(2,3)17-23(20,21)13-6-4-12(5-7-13)16-14(19)18-8-10-22-11-9-18/h4-7,17H,8-11H2,1-3H3,(H,16,19). The van der Waals surface area contributed by atoms with Crippen molar-refractivity contribution in [3.05, 3.63) is 24.3 Å². The number of nitrogens with one attached hydrogen (secondary N) is 2. The van der Waals surface area contributed by atoms with E-state index in [-0.39, 0.29) is 10.9 Å². The monoisotopic (exact) mass is 341 g/mol. The lowest BCUT2D eigenvalue weighted by molar-refractivity contribution is 0.0564. The van der Waals surface area contributed by atoms with Gasteiger partial charge in [-0.1, -0.05) is 0 Å². The van der Waals surface area contributed by atoms with Crippen LogP contribution in [0.3, 0.4) is 0 Å². The zero-order valence-corrected chi connectivity index (χ0v) is 14.4. The third-order valence-corrected chi connectivity index (χ3v) is 4.93. The molecule has 0 radical (unpaired) electrons. The highest BCUT2D eigenvalue weighted by Gasteiger charge is 2.22. The minimum absolute atomic E-state index is 0.164. The molecule has 0 unspecified atom stereocenters. The molecular weight excluding hydrogens is 318 g/mol. The number of ether oxygens (including phenoxy) is 1. The summed E-state index contributed by atoms with van der Waals surface area (Å²) in [6, 6.07) is 5.90. The van der Waals surface area contributed by atoms with Gasteiger partial charge in [-0.15, -0.1) is 0 Å². The molecule has 23 heavy (non-hydrogen) atoms. The number of hydrogen-bond acceptors (Lipinski definition) is 4. The number of urea groups is 1. The maximum atomic E-state index is 12.2. The zero-order valence-electron chi connectivity index (χ0n) is 13.6. The quantitative estimate of drug-likeness (QED) is 0.875. The lowest BCUT2D eigenvalue weighted by Gasteiger charge is -2.27. The van der Waals surface area contributed by atoms with E-state index in [2.05, 4.69) is 10.0 Å². The Morgan fingerprint density at radius 1 is 1.13 bits per heavy atom. The van der Waals surface area contributed by atoms with Gasteiger partial charge in [0.15, 0.2) is 0 Å². The van der Waals surface area contributed by atoms with Crippen LogP contribution >= 0.6 is 0 Å². The minimum atomic E-state index is -3.57. The molecule has 1 aromatic rings. The predicted molar refractivity (Wildman–Crippen MR) is 87.9 cm³/mol. The summed E-state index contributed by atoms with van der Waals surface area (Å²) in [5.41, 5.74) is -0.00148. The van der Waals surface area contributed by atoms with E-state index < -0.39 is 15.6 Å². The molecule has 7 nitrogen and oxygen atoms in total. The average Bonchev–Trinajstić information content (AvgIpc) is 2.46. The lowest BCUT2D eigenvalue weighted by atomic mass is 10.1. The lowest BCUT2D eigenvalue weighted by Crippen LogP contribution is -2.43. The molecule has 1 aliphatic heterocycles. The smallest absolute Gasteiger partial charge is 0.321 e. The van der Waals surface area contributed by atoms with Gasteiger partial charge >= 0.3 is 6.03 Å². The number of carbonyl (C=O) groups excluding carboxylic acids is 1. The molecule has 0 saturated carbocycles. The van der Waals surface area contributed by atoms with E-state index in [1.165, 1.54) is 12.1 Å². The van der Waals surface area contributed by atoms with Gasteiger partial charge in [0.1, 0.15) is 0 Å². The molecule has 1 fully saturated rings. The van der Waals surface area contributed by atoms with Crippen LogP contribution in [0.25, 0.3) is 0 Å². The summed E-state index contributed by atoms with van der Waals surface area (Å²) in [5.74, 6) is 0. The topological polar surface area (TPSA) is 87.7 Å². The Hall–Kier alpha value is -1.64. The fourth-order valence-electron chi connectivity index (χ4n) is 2.15. The third-order valence-electron chi connectivity index (χ3n) is 3.15. The summed E-state index contributed by atoms with van der Waals surface area (Å²) in [6.07, 6.45) is 0. The summed E-state index contributed by atoms with van der Waals surface area (Å²) >= 11 is 0. The number of sulfonamides is 1. The fourth-order valence-corrected chi connectivity index (χ4v) is 3.57. The molecule has 0 atom stereocenters. The van der Waals surface area contributed by atoms with Gasteiger partial charge in [0, 0.05) is 24.3 Å². The van der Waals surface area contributed by atoms with Crippen molar-refractivity contribution in [3.63, 3.8) is 0 Å². The number of morpholine rings is 1. The van der Waals surface area contributed by atoms with Crippen LogP contribution in [-0.2, 0) is 14.8 Å². The molecule has 1 heterocycles. The molecule has 8 heteroatoms. The van der Waals surface area contributed by atoms with E-state index in [1.54, 1.807) is 37.8 Å². The number of carbonyl (C=O) groups is 1. The van der Waals surface area contributed by atoms with Crippen molar-refractivity contribution < 1.29 is 17.9 Å². The highest BCUT2D eigenvalue weighted by Crippen LogP contribution is 2.16. The van der Waals surface area contributed by atoms with Crippen molar-refractivity contribution in [2.75, 3.05) is 31.6 Å². The van der Waals surface area contributed by atoms with E-state index in [0.717, 1.165) is 0 Å². The van der Waals surface area contributed by atoms with Crippen molar-refractivity contribution >= 4 is 21.7 Å². The second-order valence-corrected chi connectivity index (χ2v) is 8.09. The Bertz CT molecular complexity index is 644. The van der Waals surface area contributed by atoms with E-state index in [0.29, 0.717) is 32.0 Å². The van der Waals surface area contributed by atoms with E-state index in [1.807, 2.05) is 0 Å². The molecule has 0 aliphatic carbocycles. The first-order valence-electron chi connectivity index (χ1n) is 7.45. The average molecular weight is 341 g/mol.